The van der Waals surface area contributed by atoms with Crippen molar-refractivity contribution in [1.29, 1.82) is 0 Å². The normalized spacial score (nSPS) is 10.3. The molecular weight excluding hydrogens is 276 g/mol. The average molecular weight is 291 g/mol. The number of hydrogen-bond donors (Lipinski definition) is 1. The van der Waals surface area contributed by atoms with Crippen LogP contribution in [0.4, 0.5) is 5.69 Å². The minimum Gasteiger partial charge on any atom is -0.478 e. The molecule has 0 fully saturated rings. The van der Waals surface area contributed by atoms with Gasteiger partial charge in [0.05, 0.1) is 5.69 Å². The molecule has 104 valence electrons. The van der Waals surface area contributed by atoms with Gasteiger partial charge in [-0.2, -0.15) is 0 Å². The van der Waals surface area contributed by atoms with Gasteiger partial charge in [-0.1, -0.05) is 23.7 Å². The van der Waals surface area contributed by atoms with E-state index in [9.17, 15) is 9.90 Å². The molecule has 0 saturated heterocycles. The molecule has 0 aliphatic carbocycles. The van der Waals surface area contributed by atoms with Gasteiger partial charge < -0.3 is 10.0 Å². The first-order valence-electron chi connectivity index (χ1n) is 6.13. The smallest absolute Gasteiger partial charge is 0.339 e. The number of aromatic nitrogens is 1. The monoisotopic (exact) mass is 290 g/mol. The molecule has 0 unspecified atom stereocenters. The van der Waals surface area contributed by atoms with Crippen LogP contribution in [0.1, 0.15) is 21.6 Å². The SMILES string of the molecule is Cc1cc(N(C)Cc2cccc(Cl)c2)c(C(=O)O)cn1. The first kappa shape index (κ1) is 14.3. The van der Waals surface area contributed by atoms with Gasteiger partial charge in [0.15, 0.2) is 0 Å². The zero-order valence-electron chi connectivity index (χ0n) is 11.3. The molecule has 20 heavy (non-hydrogen) atoms. The lowest BCUT2D eigenvalue weighted by Crippen LogP contribution is -2.20. The van der Waals surface area contributed by atoms with E-state index < -0.39 is 5.97 Å². The number of halogens is 1. The number of aromatic carboxylic acids is 1. The Labute approximate surface area is 122 Å². The van der Waals surface area contributed by atoms with E-state index in [1.165, 1.54) is 6.20 Å². The van der Waals surface area contributed by atoms with Crippen molar-refractivity contribution in [2.75, 3.05) is 11.9 Å². The highest BCUT2D eigenvalue weighted by atomic mass is 35.5. The molecule has 5 heteroatoms. The number of carboxylic acids is 1. The van der Waals surface area contributed by atoms with Crippen molar-refractivity contribution in [3.8, 4) is 0 Å². The highest BCUT2D eigenvalue weighted by Gasteiger charge is 2.14. The van der Waals surface area contributed by atoms with Gasteiger partial charge >= 0.3 is 5.97 Å². The second kappa shape index (κ2) is 5.92. The number of carbonyl (C=O) groups is 1. The van der Waals surface area contributed by atoms with Gasteiger partial charge in [0.2, 0.25) is 0 Å². The van der Waals surface area contributed by atoms with E-state index in [0.29, 0.717) is 17.3 Å². The van der Waals surface area contributed by atoms with E-state index in [2.05, 4.69) is 4.98 Å². The van der Waals surface area contributed by atoms with Crippen LogP contribution < -0.4 is 4.90 Å². The fraction of sp³-hybridized carbons (Fsp3) is 0.200. The number of carboxylic acid groups (broad SMARTS) is 1. The summed E-state index contributed by atoms with van der Waals surface area (Å²) in [6.07, 6.45) is 1.39. The number of anilines is 1. The minimum atomic E-state index is -0.981. The summed E-state index contributed by atoms with van der Waals surface area (Å²) in [5, 5.41) is 9.89. The van der Waals surface area contributed by atoms with Crippen LogP contribution in [0.3, 0.4) is 0 Å². The number of pyridine rings is 1. The van der Waals surface area contributed by atoms with Crippen LogP contribution in [-0.2, 0) is 6.54 Å². The molecule has 1 aromatic heterocycles. The summed E-state index contributed by atoms with van der Waals surface area (Å²) in [5.74, 6) is -0.981. The molecule has 2 aromatic rings. The number of aryl methyl sites for hydroxylation is 1. The molecule has 0 bridgehead atoms. The predicted molar refractivity (Wildman–Crippen MR) is 79.5 cm³/mol. The lowest BCUT2D eigenvalue weighted by molar-refractivity contribution is 0.0697. The topological polar surface area (TPSA) is 53.4 Å². The lowest BCUT2D eigenvalue weighted by Gasteiger charge is -2.21. The maximum absolute atomic E-state index is 11.3. The van der Waals surface area contributed by atoms with Gasteiger partial charge in [0, 0.05) is 30.5 Å². The maximum Gasteiger partial charge on any atom is 0.339 e. The summed E-state index contributed by atoms with van der Waals surface area (Å²) in [5.41, 5.74) is 2.64. The van der Waals surface area contributed by atoms with E-state index in [0.717, 1.165) is 11.3 Å². The number of nitrogens with zero attached hydrogens (tertiary/aromatic N) is 2. The largest absolute Gasteiger partial charge is 0.478 e. The van der Waals surface area contributed by atoms with Crippen LogP contribution in [0.15, 0.2) is 36.5 Å². The Morgan fingerprint density at radius 2 is 2.15 bits per heavy atom. The van der Waals surface area contributed by atoms with Gasteiger partial charge in [0.25, 0.3) is 0 Å². The lowest BCUT2D eigenvalue weighted by atomic mass is 10.1. The molecule has 1 N–H and O–H groups in total. The quantitative estimate of drug-likeness (QED) is 0.938. The Bertz CT molecular complexity index is 644. The Kier molecular flexibility index (Phi) is 4.25. The van der Waals surface area contributed by atoms with Gasteiger partial charge in [0.1, 0.15) is 5.56 Å². The summed E-state index contributed by atoms with van der Waals surface area (Å²) in [6.45, 7) is 2.41. The van der Waals surface area contributed by atoms with E-state index in [4.69, 9.17) is 11.6 Å². The summed E-state index contributed by atoms with van der Waals surface area (Å²) >= 11 is 5.96. The zero-order valence-corrected chi connectivity index (χ0v) is 12.1. The highest BCUT2D eigenvalue weighted by molar-refractivity contribution is 6.30. The first-order chi connectivity index (χ1) is 9.47. The Hall–Kier alpha value is -2.07. The van der Waals surface area contributed by atoms with Crippen LogP contribution in [-0.4, -0.2) is 23.1 Å². The van der Waals surface area contributed by atoms with E-state index in [-0.39, 0.29) is 5.56 Å². The first-order valence-corrected chi connectivity index (χ1v) is 6.50. The van der Waals surface area contributed by atoms with Crippen molar-refractivity contribution in [3.05, 3.63) is 58.4 Å². The minimum absolute atomic E-state index is 0.195. The van der Waals surface area contributed by atoms with Gasteiger partial charge in [-0.25, -0.2) is 4.79 Å². The third kappa shape index (κ3) is 3.27. The van der Waals surface area contributed by atoms with Crippen LogP contribution in [0, 0.1) is 6.92 Å². The third-order valence-corrected chi connectivity index (χ3v) is 3.20. The van der Waals surface area contributed by atoms with Crippen molar-refractivity contribution in [2.24, 2.45) is 0 Å². The van der Waals surface area contributed by atoms with Crippen LogP contribution in [0.5, 0.6) is 0 Å². The summed E-state index contributed by atoms with van der Waals surface area (Å²) < 4.78 is 0. The third-order valence-electron chi connectivity index (χ3n) is 2.97. The second-order valence-electron chi connectivity index (χ2n) is 4.63. The molecule has 0 saturated carbocycles. The average Bonchev–Trinajstić information content (AvgIpc) is 2.38. The van der Waals surface area contributed by atoms with Gasteiger partial charge in [-0.15, -0.1) is 0 Å². The van der Waals surface area contributed by atoms with Crippen LogP contribution in [0.25, 0.3) is 0 Å². The summed E-state index contributed by atoms with van der Waals surface area (Å²) in [6, 6.07) is 9.28. The fourth-order valence-electron chi connectivity index (χ4n) is 2.02. The van der Waals surface area contributed by atoms with E-state index >= 15 is 0 Å². The molecule has 1 heterocycles. The molecule has 0 aliphatic rings. The molecular formula is C15H15ClN2O2. The molecule has 0 radical (unpaired) electrons. The fourth-order valence-corrected chi connectivity index (χ4v) is 2.23. The Morgan fingerprint density at radius 1 is 1.40 bits per heavy atom. The Morgan fingerprint density at radius 3 is 2.80 bits per heavy atom. The van der Waals surface area contributed by atoms with Crippen LogP contribution >= 0.6 is 11.6 Å². The van der Waals surface area contributed by atoms with Crippen molar-refractivity contribution >= 4 is 23.3 Å². The van der Waals surface area contributed by atoms with E-state index in [1.807, 2.05) is 43.1 Å². The molecule has 0 aliphatic heterocycles. The van der Waals surface area contributed by atoms with E-state index in [1.54, 1.807) is 6.07 Å². The predicted octanol–water partition coefficient (Wildman–Crippen LogP) is 3.38. The number of hydrogen-bond acceptors (Lipinski definition) is 3. The number of benzene rings is 1. The van der Waals surface area contributed by atoms with Crippen molar-refractivity contribution in [2.45, 2.75) is 13.5 Å². The molecule has 4 nitrogen and oxygen atoms in total. The highest BCUT2D eigenvalue weighted by Crippen LogP contribution is 2.22. The molecule has 0 atom stereocenters. The Balaban J connectivity index is 2.31. The second-order valence-corrected chi connectivity index (χ2v) is 5.07. The van der Waals surface area contributed by atoms with Gasteiger partial charge in [-0.05, 0) is 30.7 Å². The molecule has 0 spiro atoms. The maximum atomic E-state index is 11.3. The molecule has 0 amide bonds. The van der Waals surface area contributed by atoms with Crippen molar-refractivity contribution in [3.63, 3.8) is 0 Å². The van der Waals surface area contributed by atoms with Crippen molar-refractivity contribution in [1.82, 2.24) is 4.98 Å². The van der Waals surface area contributed by atoms with Gasteiger partial charge in [-0.3, -0.25) is 4.98 Å². The van der Waals surface area contributed by atoms with Crippen LogP contribution in [0.2, 0.25) is 5.02 Å². The number of rotatable bonds is 4. The molecule has 1 aromatic carbocycles. The molecule has 2 rings (SSSR count). The summed E-state index contributed by atoms with van der Waals surface area (Å²) in [4.78, 5) is 17.2. The summed E-state index contributed by atoms with van der Waals surface area (Å²) in [7, 11) is 1.85. The van der Waals surface area contributed by atoms with Crippen molar-refractivity contribution < 1.29 is 9.90 Å². The standard InChI is InChI=1S/C15H15ClN2O2/c1-10-6-14(13(8-17-10)15(19)20)18(2)9-11-4-3-5-12(16)7-11/h3-8H,9H2,1-2H3,(H,19,20). The zero-order chi connectivity index (χ0) is 14.7.